The summed E-state index contributed by atoms with van der Waals surface area (Å²) in [4.78, 5) is 28.0. The first kappa shape index (κ1) is 24.4. The molecule has 1 N–H and O–H groups in total. The van der Waals surface area contributed by atoms with Gasteiger partial charge in [-0.1, -0.05) is 60.7 Å². The van der Waals surface area contributed by atoms with E-state index in [0.717, 1.165) is 42.6 Å². The second kappa shape index (κ2) is 11.6. The van der Waals surface area contributed by atoms with Gasteiger partial charge in [0, 0.05) is 12.6 Å². The molecule has 2 aromatic carbocycles. The van der Waals surface area contributed by atoms with Gasteiger partial charge in [-0.3, -0.25) is 9.59 Å². The number of methoxy groups -OCH3 is 1. The van der Waals surface area contributed by atoms with Gasteiger partial charge in [-0.2, -0.15) is 0 Å². The topological polar surface area (TPSA) is 58.6 Å². The van der Waals surface area contributed by atoms with E-state index in [1.54, 1.807) is 31.1 Å². The Hall–Kier alpha value is -2.24. The summed E-state index contributed by atoms with van der Waals surface area (Å²) in [5, 5.41) is 4.02. The van der Waals surface area contributed by atoms with Crippen molar-refractivity contribution < 1.29 is 14.3 Å². The van der Waals surface area contributed by atoms with Crippen molar-refractivity contribution in [2.24, 2.45) is 0 Å². The number of hydrogen-bond donors (Lipinski definition) is 1. The number of rotatable bonds is 8. The third-order valence-corrected chi connectivity index (χ3v) is 6.71. The molecule has 1 atom stereocenters. The van der Waals surface area contributed by atoms with Crippen LogP contribution in [0.5, 0.6) is 5.75 Å². The fourth-order valence-electron chi connectivity index (χ4n) is 4.01. The van der Waals surface area contributed by atoms with Crippen molar-refractivity contribution in [3.05, 3.63) is 63.6 Å². The molecule has 0 heterocycles. The molecule has 2 aromatic rings. The van der Waals surface area contributed by atoms with E-state index in [4.69, 9.17) is 27.9 Å². The van der Waals surface area contributed by atoms with Crippen LogP contribution < -0.4 is 10.1 Å². The molecule has 0 aromatic heterocycles. The first-order chi connectivity index (χ1) is 15.4. The first-order valence-electron chi connectivity index (χ1n) is 11.0. The number of nitrogens with one attached hydrogen (secondary N) is 1. The van der Waals surface area contributed by atoms with Gasteiger partial charge in [0.2, 0.25) is 11.8 Å². The van der Waals surface area contributed by atoms with Crippen molar-refractivity contribution in [2.75, 3.05) is 7.11 Å². The van der Waals surface area contributed by atoms with Gasteiger partial charge in [-0.25, -0.2) is 0 Å². The first-order valence-corrected chi connectivity index (χ1v) is 11.8. The number of benzene rings is 2. The van der Waals surface area contributed by atoms with E-state index in [1.165, 1.54) is 6.42 Å². The maximum atomic E-state index is 13.3. The minimum Gasteiger partial charge on any atom is -0.497 e. The van der Waals surface area contributed by atoms with Gasteiger partial charge in [0.15, 0.2) is 0 Å². The molecule has 0 saturated heterocycles. The van der Waals surface area contributed by atoms with Crippen LogP contribution in [0, 0.1) is 0 Å². The highest BCUT2D eigenvalue weighted by molar-refractivity contribution is 6.42. The zero-order valence-corrected chi connectivity index (χ0v) is 20.1. The Kier molecular flexibility index (Phi) is 8.83. The highest BCUT2D eigenvalue weighted by atomic mass is 35.5. The summed E-state index contributed by atoms with van der Waals surface area (Å²) < 4.78 is 5.19. The molecule has 2 amide bonds. The van der Waals surface area contributed by atoms with E-state index in [-0.39, 0.29) is 30.8 Å². The van der Waals surface area contributed by atoms with Crippen LogP contribution in [0.4, 0.5) is 0 Å². The molecular weight excluding hydrogens is 447 g/mol. The number of halogens is 2. The largest absolute Gasteiger partial charge is 0.497 e. The second-order valence-electron chi connectivity index (χ2n) is 8.31. The van der Waals surface area contributed by atoms with E-state index < -0.39 is 6.04 Å². The lowest BCUT2D eigenvalue weighted by atomic mass is 9.95. The van der Waals surface area contributed by atoms with Crippen LogP contribution in [0.3, 0.4) is 0 Å². The van der Waals surface area contributed by atoms with Gasteiger partial charge in [-0.05, 0) is 55.2 Å². The van der Waals surface area contributed by atoms with Gasteiger partial charge >= 0.3 is 0 Å². The molecule has 0 aliphatic heterocycles. The quantitative estimate of drug-likeness (QED) is 0.553. The van der Waals surface area contributed by atoms with E-state index >= 15 is 0 Å². The number of carbonyl (C=O) groups is 2. The number of nitrogens with zero attached hydrogens (tertiary/aromatic N) is 1. The van der Waals surface area contributed by atoms with Gasteiger partial charge < -0.3 is 15.0 Å². The van der Waals surface area contributed by atoms with Crippen LogP contribution in [0.1, 0.15) is 50.2 Å². The Morgan fingerprint density at radius 1 is 1.03 bits per heavy atom. The monoisotopic (exact) mass is 476 g/mol. The highest BCUT2D eigenvalue weighted by Gasteiger charge is 2.28. The molecule has 0 spiro atoms. The Morgan fingerprint density at radius 3 is 2.31 bits per heavy atom. The summed E-state index contributed by atoms with van der Waals surface area (Å²) >= 11 is 12.2. The molecule has 3 rings (SSSR count). The number of hydrogen-bond acceptors (Lipinski definition) is 3. The normalized spacial score (nSPS) is 15.1. The maximum Gasteiger partial charge on any atom is 0.242 e. The average molecular weight is 477 g/mol. The lowest BCUT2D eigenvalue weighted by Gasteiger charge is -2.31. The van der Waals surface area contributed by atoms with Crippen LogP contribution in [-0.4, -0.2) is 35.9 Å². The second-order valence-corrected chi connectivity index (χ2v) is 9.13. The molecule has 7 heteroatoms. The Balaban J connectivity index is 1.77. The molecule has 1 saturated carbocycles. The summed E-state index contributed by atoms with van der Waals surface area (Å²) in [6, 6.07) is 12.2. The number of amides is 2. The molecule has 1 fully saturated rings. The minimum absolute atomic E-state index is 0.125. The predicted octanol–water partition coefficient (Wildman–Crippen LogP) is 5.41. The van der Waals surface area contributed by atoms with Gasteiger partial charge in [0.05, 0.1) is 23.6 Å². The highest BCUT2D eigenvalue weighted by Crippen LogP contribution is 2.24. The van der Waals surface area contributed by atoms with Gasteiger partial charge in [-0.15, -0.1) is 0 Å². The summed E-state index contributed by atoms with van der Waals surface area (Å²) in [7, 11) is 1.60. The van der Waals surface area contributed by atoms with Crippen LogP contribution >= 0.6 is 23.2 Å². The third-order valence-electron chi connectivity index (χ3n) is 5.97. The molecular formula is C25H30Cl2N2O3. The van der Waals surface area contributed by atoms with Crippen LogP contribution in [-0.2, 0) is 22.6 Å². The fraction of sp³-hybridized carbons (Fsp3) is 0.440. The molecule has 0 radical (unpaired) electrons. The predicted molar refractivity (Wildman–Crippen MR) is 128 cm³/mol. The zero-order chi connectivity index (χ0) is 23.1. The van der Waals surface area contributed by atoms with Crippen molar-refractivity contribution in [2.45, 2.75) is 64.1 Å². The molecule has 1 aliphatic rings. The van der Waals surface area contributed by atoms with Crippen LogP contribution in [0.2, 0.25) is 10.0 Å². The average Bonchev–Trinajstić information content (AvgIpc) is 2.80. The summed E-state index contributed by atoms with van der Waals surface area (Å²) in [6.07, 6.45) is 5.64. The molecule has 1 aliphatic carbocycles. The van der Waals surface area contributed by atoms with Crippen molar-refractivity contribution in [3.8, 4) is 5.75 Å². The van der Waals surface area contributed by atoms with E-state index in [2.05, 4.69) is 5.32 Å². The summed E-state index contributed by atoms with van der Waals surface area (Å²) in [6.45, 7) is 2.05. The molecule has 5 nitrogen and oxygen atoms in total. The van der Waals surface area contributed by atoms with Crippen molar-refractivity contribution >= 4 is 35.0 Å². The standard InChI is InChI=1S/C25H30Cl2N2O3/c1-17(25(31)28-20-6-4-3-5-7-20)29(16-19-10-13-22(26)23(27)14-19)24(30)15-18-8-11-21(32-2)12-9-18/h8-14,17,20H,3-7,15-16H2,1-2H3,(H,28,31)/t17-/m1/s1. The van der Waals surface area contributed by atoms with Crippen molar-refractivity contribution in [1.82, 2.24) is 10.2 Å². The summed E-state index contributed by atoms with van der Waals surface area (Å²) in [5.41, 5.74) is 1.68. The van der Waals surface area contributed by atoms with E-state index in [9.17, 15) is 9.59 Å². The maximum absolute atomic E-state index is 13.3. The van der Waals surface area contributed by atoms with E-state index in [0.29, 0.717) is 10.0 Å². The summed E-state index contributed by atoms with van der Waals surface area (Å²) in [5.74, 6) is 0.474. The lowest BCUT2D eigenvalue weighted by molar-refractivity contribution is -0.140. The van der Waals surface area contributed by atoms with Crippen LogP contribution in [0.15, 0.2) is 42.5 Å². The van der Waals surface area contributed by atoms with E-state index in [1.807, 2.05) is 30.3 Å². The van der Waals surface area contributed by atoms with Crippen molar-refractivity contribution in [3.63, 3.8) is 0 Å². The zero-order valence-electron chi connectivity index (χ0n) is 18.6. The minimum atomic E-state index is -0.614. The Bertz CT molecular complexity index is 927. The smallest absolute Gasteiger partial charge is 0.242 e. The third kappa shape index (κ3) is 6.63. The van der Waals surface area contributed by atoms with Gasteiger partial charge in [0.1, 0.15) is 11.8 Å². The SMILES string of the molecule is COc1ccc(CC(=O)N(Cc2ccc(Cl)c(Cl)c2)[C@H](C)C(=O)NC2CCCCC2)cc1. The fourth-order valence-corrected chi connectivity index (χ4v) is 4.33. The Labute approximate surface area is 200 Å². The van der Waals surface area contributed by atoms with Crippen LogP contribution in [0.25, 0.3) is 0 Å². The van der Waals surface area contributed by atoms with Gasteiger partial charge in [0.25, 0.3) is 0 Å². The molecule has 0 bridgehead atoms. The molecule has 32 heavy (non-hydrogen) atoms. The lowest BCUT2D eigenvalue weighted by Crippen LogP contribution is -2.50. The molecule has 172 valence electrons. The van der Waals surface area contributed by atoms with Crippen molar-refractivity contribution in [1.29, 1.82) is 0 Å². The Morgan fingerprint density at radius 2 is 1.69 bits per heavy atom. The molecule has 0 unspecified atom stereocenters. The number of carbonyl (C=O) groups excluding carboxylic acids is 2. The number of ether oxygens (including phenoxy) is 1.